The van der Waals surface area contributed by atoms with Crippen LogP contribution in [0.1, 0.15) is 25.8 Å². The maximum atomic E-state index is 11.0. The number of benzene rings is 1. The number of nitrogens with zero attached hydrogens (tertiary/aromatic N) is 2. The lowest BCUT2D eigenvalue weighted by molar-refractivity contribution is -0.384. The van der Waals surface area contributed by atoms with Gasteiger partial charge in [-0.25, -0.2) is 0 Å². The molecule has 0 spiro atoms. The molecule has 0 bridgehead atoms. The summed E-state index contributed by atoms with van der Waals surface area (Å²) in [5.74, 6) is 0. The van der Waals surface area contributed by atoms with Crippen LogP contribution < -0.4 is 5.32 Å². The van der Waals surface area contributed by atoms with E-state index in [9.17, 15) is 15.2 Å². The van der Waals surface area contributed by atoms with Crippen LogP contribution in [0.4, 0.5) is 11.4 Å². The molecule has 1 aliphatic carbocycles. The number of hydrogen-bond donors (Lipinski definition) is 2. The summed E-state index contributed by atoms with van der Waals surface area (Å²) in [5, 5.41) is 32.6. The van der Waals surface area contributed by atoms with Crippen LogP contribution in [0, 0.1) is 26.9 Å². The number of nitrogens with one attached hydrogen (secondary N) is 1. The largest absolute Gasteiger partial charge is 0.392 e. The third kappa shape index (κ3) is 2.25. The molecule has 0 saturated heterocycles. The molecular weight excluding hydrogens is 246 g/mol. The van der Waals surface area contributed by atoms with Crippen molar-refractivity contribution in [3.05, 3.63) is 33.9 Å². The Labute approximate surface area is 110 Å². The quantitative estimate of drug-likeness (QED) is 0.640. The highest BCUT2D eigenvalue weighted by molar-refractivity contribution is 5.65. The van der Waals surface area contributed by atoms with Crippen LogP contribution in [-0.4, -0.2) is 22.2 Å². The van der Waals surface area contributed by atoms with E-state index in [1.165, 1.54) is 18.2 Å². The molecule has 6 heteroatoms. The molecular formula is C13H15N3O3. The van der Waals surface area contributed by atoms with E-state index in [4.69, 9.17) is 5.26 Å². The normalized spacial score (nSPS) is 24.1. The third-order valence-electron chi connectivity index (χ3n) is 3.87. The van der Waals surface area contributed by atoms with Gasteiger partial charge in [-0.15, -0.1) is 0 Å². The lowest BCUT2D eigenvalue weighted by atomic mass is 9.64. The van der Waals surface area contributed by atoms with Gasteiger partial charge in [0.2, 0.25) is 0 Å². The van der Waals surface area contributed by atoms with Crippen molar-refractivity contribution < 1.29 is 10.0 Å². The van der Waals surface area contributed by atoms with Crippen molar-refractivity contribution in [1.82, 2.24) is 0 Å². The molecule has 1 saturated carbocycles. The molecule has 0 heterocycles. The summed E-state index contributed by atoms with van der Waals surface area (Å²) in [7, 11) is 0. The average Bonchev–Trinajstić information content (AvgIpc) is 2.38. The van der Waals surface area contributed by atoms with Gasteiger partial charge in [0.05, 0.1) is 22.7 Å². The van der Waals surface area contributed by atoms with Crippen molar-refractivity contribution in [3.8, 4) is 6.07 Å². The van der Waals surface area contributed by atoms with Gasteiger partial charge in [0.1, 0.15) is 5.69 Å². The second-order valence-corrected chi connectivity index (χ2v) is 5.37. The highest BCUT2D eigenvalue weighted by atomic mass is 16.6. The number of anilines is 1. The van der Waals surface area contributed by atoms with E-state index in [0.29, 0.717) is 17.7 Å². The first-order valence-electron chi connectivity index (χ1n) is 5.99. The Morgan fingerprint density at radius 3 is 2.74 bits per heavy atom. The number of nitro benzene ring substituents is 1. The summed E-state index contributed by atoms with van der Waals surface area (Å²) < 4.78 is 0. The molecule has 0 radical (unpaired) electrons. The van der Waals surface area contributed by atoms with Gasteiger partial charge in [-0.2, -0.15) is 5.26 Å². The Morgan fingerprint density at radius 1 is 1.58 bits per heavy atom. The number of hydrogen-bond acceptors (Lipinski definition) is 5. The van der Waals surface area contributed by atoms with Gasteiger partial charge in [-0.1, -0.05) is 13.8 Å². The molecule has 0 aromatic heterocycles. The topological polar surface area (TPSA) is 99.2 Å². The minimum Gasteiger partial charge on any atom is -0.392 e. The van der Waals surface area contributed by atoms with Gasteiger partial charge in [-0.05, 0) is 18.6 Å². The highest BCUT2D eigenvalue weighted by Gasteiger charge is 2.47. The lowest BCUT2D eigenvalue weighted by Crippen LogP contribution is -2.56. The van der Waals surface area contributed by atoms with Gasteiger partial charge < -0.3 is 10.4 Å². The zero-order chi connectivity index (χ0) is 14.2. The first-order chi connectivity index (χ1) is 8.86. The van der Waals surface area contributed by atoms with Crippen LogP contribution in [0.15, 0.2) is 18.2 Å². The van der Waals surface area contributed by atoms with Crippen LogP contribution in [0.3, 0.4) is 0 Å². The van der Waals surface area contributed by atoms with E-state index in [1.54, 1.807) is 0 Å². The molecule has 0 aliphatic heterocycles. The fourth-order valence-electron chi connectivity index (χ4n) is 2.22. The Morgan fingerprint density at radius 2 is 2.26 bits per heavy atom. The van der Waals surface area contributed by atoms with Crippen molar-refractivity contribution in [2.24, 2.45) is 5.41 Å². The van der Waals surface area contributed by atoms with E-state index in [1.807, 2.05) is 19.9 Å². The molecule has 1 aromatic rings. The minimum absolute atomic E-state index is 0.0462. The summed E-state index contributed by atoms with van der Waals surface area (Å²) in [5.41, 5.74) is 0.298. The molecule has 1 aliphatic rings. The molecule has 6 nitrogen and oxygen atoms in total. The molecule has 2 atom stereocenters. The summed E-state index contributed by atoms with van der Waals surface area (Å²) in [6, 6.07) is 6.13. The van der Waals surface area contributed by atoms with Crippen molar-refractivity contribution in [2.75, 3.05) is 5.32 Å². The predicted molar refractivity (Wildman–Crippen MR) is 69.6 cm³/mol. The van der Waals surface area contributed by atoms with Gasteiger partial charge in [-0.3, -0.25) is 10.1 Å². The van der Waals surface area contributed by atoms with E-state index in [2.05, 4.69) is 5.32 Å². The Balaban J connectivity index is 2.29. The van der Waals surface area contributed by atoms with E-state index < -0.39 is 11.0 Å². The molecule has 19 heavy (non-hydrogen) atoms. The molecule has 1 fully saturated rings. The summed E-state index contributed by atoms with van der Waals surface area (Å²) >= 11 is 0. The Kier molecular flexibility index (Phi) is 3.16. The molecule has 2 rings (SSSR count). The first kappa shape index (κ1) is 13.3. The second-order valence-electron chi connectivity index (χ2n) is 5.37. The van der Waals surface area contributed by atoms with Crippen LogP contribution in [0.25, 0.3) is 0 Å². The van der Waals surface area contributed by atoms with Crippen LogP contribution in [-0.2, 0) is 0 Å². The average molecular weight is 261 g/mol. The van der Waals surface area contributed by atoms with Gasteiger partial charge in [0.15, 0.2) is 0 Å². The number of rotatable bonds is 3. The second kappa shape index (κ2) is 4.52. The van der Waals surface area contributed by atoms with Crippen LogP contribution >= 0.6 is 0 Å². The molecule has 100 valence electrons. The van der Waals surface area contributed by atoms with E-state index in [0.717, 1.165) is 0 Å². The Hall–Kier alpha value is -2.13. The number of aliphatic hydroxyl groups is 1. The van der Waals surface area contributed by atoms with Gasteiger partial charge >= 0.3 is 0 Å². The van der Waals surface area contributed by atoms with Crippen molar-refractivity contribution >= 4 is 11.4 Å². The van der Waals surface area contributed by atoms with Crippen LogP contribution in [0.5, 0.6) is 0 Å². The minimum atomic E-state index is -0.481. The van der Waals surface area contributed by atoms with Crippen LogP contribution in [0.2, 0.25) is 0 Å². The summed E-state index contributed by atoms with van der Waals surface area (Å²) in [6.07, 6.45) is 0.129. The van der Waals surface area contributed by atoms with Gasteiger partial charge in [0.25, 0.3) is 5.69 Å². The summed E-state index contributed by atoms with van der Waals surface area (Å²) in [4.78, 5) is 10.5. The van der Waals surface area contributed by atoms with Gasteiger partial charge in [0, 0.05) is 17.5 Å². The SMILES string of the molecule is CC1(C)C(O)CC1Nc1cc(C#N)ccc1[N+](=O)[O-]. The molecule has 2 N–H and O–H groups in total. The molecule has 1 aromatic carbocycles. The first-order valence-corrected chi connectivity index (χ1v) is 5.99. The monoisotopic (exact) mass is 261 g/mol. The van der Waals surface area contributed by atoms with Crippen molar-refractivity contribution in [2.45, 2.75) is 32.4 Å². The van der Waals surface area contributed by atoms with Crippen molar-refractivity contribution in [3.63, 3.8) is 0 Å². The highest BCUT2D eigenvalue weighted by Crippen LogP contribution is 2.43. The predicted octanol–water partition coefficient (Wildman–Crippen LogP) is 2.04. The maximum Gasteiger partial charge on any atom is 0.292 e. The number of aliphatic hydroxyl groups excluding tert-OH is 1. The standard InChI is InChI=1S/C13H15N3O3/c1-13(2)11(6-12(13)17)15-9-5-8(7-14)3-4-10(9)16(18)19/h3-5,11-12,15,17H,6H2,1-2H3. The molecule has 0 amide bonds. The fourth-order valence-corrected chi connectivity index (χ4v) is 2.22. The summed E-state index contributed by atoms with van der Waals surface area (Å²) in [6.45, 7) is 3.80. The van der Waals surface area contributed by atoms with Crippen molar-refractivity contribution in [1.29, 1.82) is 5.26 Å². The fraction of sp³-hybridized carbons (Fsp3) is 0.462. The molecule has 2 unspecified atom stereocenters. The number of nitriles is 1. The zero-order valence-corrected chi connectivity index (χ0v) is 10.8. The smallest absolute Gasteiger partial charge is 0.292 e. The Bertz CT molecular complexity index is 563. The third-order valence-corrected chi connectivity index (χ3v) is 3.87. The maximum absolute atomic E-state index is 11.0. The number of nitro groups is 1. The zero-order valence-electron chi connectivity index (χ0n) is 10.8. The van der Waals surface area contributed by atoms with E-state index in [-0.39, 0.29) is 17.1 Å². The lowest BCUT2D eigenvalue weighted by Gasteiger charge is -2.49. The van der Waals surface area contributed by atoms with E-state index >= 15 is 0 Å².